The summed E-state index contributed by atoms with van der Waals surface area (Å²) in [6.45, 7) is 0.0894. The number of halogens is 1. The Labute approximate surface area is 90.5 Å². The van der Waals surface area contributed by atoms with Gasteiger partial charge in [0.1, 0.15) is 5.82 Å². The van der Waals surface area contributed by atoms with Crippen molar-refractivity contribution in [1.29, 1.82) is 0 Å². The summed E-state index contributed by atoms with van der Waals surface area (Å²) in [6, 6.07) is 3.37. The van der Waals surface area contributed by atoms with E-state index in [1.165, 1.54) is 18.2 Å². The summed E-state index contributed by atoms with van der Waals surface area (Å²) < 4.78 is 12.9. The van der Waals surface area contributed by atoms with E-state index in [1.54, 1.807) is 0 Å². The second-order valence-corrected chi connectivity index (χ2v) is 2.85. The van der Waals surface area contributed by atoms with E-state index >= 15 is 0 Å². The zero-order valence-electron chi connectivity index (χ0n) is 8.17. The van der Waals surface area contributed by atoms with Crippen molar-refractivity contribution < 1.29 is 14.3 Å². The van der Waals surface area contributed by atoms with Gasteiger partial charge in [-0.05, 0) is 29.3 Å². The Bertz CT molecular complexity index is 479. The molecule has 0 fully saturated rings. The highest BCUT2D eigenvalue weighted by Gasteiger charge is 2.08. The van der Waals surface area contributed by atoms with Gasteiger partial charge in [0.05, 0.1) is 5.56 Å². The van der Waals surface area contributed by atoms with Gasteiger partial charge < -0.3 is 5.11 Å². The summed E-state index contributed by atoms with van der Waals surface area (Å²) in [5, 5.41) is 12.1. The number of carboxylic acids is 1. The van der Waals surface area contributed by atoms with E-state index in [0.29, 0.717) is 0 Å². The van der Waals surface area contributed by atoms with Crippen LogP contribution in [-0.4, -0.2) is 17.6 Å². The Hall–Kier alpha value is -2.33. The van der Waals surface area contributed by atoms with E-state index in [-0.39, 0.29) is 17.7 Å². The van der Waals surface area contributed by atoms with Crippen LogP contribution in [0.25, 0.3) is 16.5 Å². The summed E-state index contributed by atoms with van der Waals surface area (Å²) in [5.74, 6) is -1.66. The number of carbonyl (C=O) groups is 1. The molecule has 1 aromatic carbocycles. The van der Waals surface area contributed by atoms with Gasteiger partial charge in [-0.25, -0.2) is 9.18 Å². The highest BCUT2D eigenvalue weighted by atomic mass is 19.1. The lowest BCUT2D eigenvalue weighted by molar-refractivity contribution is 0.0696. The Morgan fingerprint density at radius 2 is 2.38 bits per heavy atom. The fourth-order valence-electron chi connectivity index (χ4n) is 1.13. The first kappa shape index (κ1) is 11.7. The van der Waals surface area contributed by atoms with E-state index in [1.807, 2.05) is 0 Å². The maximum absolute atomic E-state index is 12.9. The van der Waals surface area contributed by atoms with Crippen molar-refractivity contribution in [1.82, 2.24) is 0 Å². The van der Waals surface area contributed by atoms with E-state index in [0.717, 1.165) is 12.1 Å². The van der Waals surface area contributed by atoms with Gasteiger partial charge in [0, 0.05) is 11.5 Å². The molecule has 1 rings (SSSR count). The maximum atomic E-state index is 12.9. The largest absolute Gasteiger partial charge is 0.478 e. The molecule has 0 saturated heterocycles. The van der Waals surface area contributed by atoms with Gasteiger partial charge in [-0.1, -0.05) is 17.3 Å². The summed E-state index contributed by atoms with van der Waals surface area (Å²) >= 11 is 0. The minimum absolute atomic E-state index is 0.00131. The molecular weight excluding hydrogens is 213 g/mol. The second-order valence-electron chi connectivity index (χ2n) is 2.85. The molecule has 1 N–H and O–H groups in total. The predicted molar refractivity (Wildman–Crippen MR) is 56.4 cm³/mol. The van der Waals surface area contributed by atoms with Crippen LogP contribution < -0.4 is 0 Å². The minimum atomic E-state index is -1.14. The molecule has 0 amide bonds. The number of benzene rings is 1. The molecular formula is C10H8FN3O2. The highest BCUT2D eigenvalue weighted by Crippen LogP contribution is 2.13. The Morgan fingerprint density at radius 3 is 3.00 bits per heavy atom. The molecule has 0 bridgehead atoms. The van der Waals surface area contributed by atoms with Gasteiger partial charge in [0.25, 0.3) is 0 Å². The lowest BCUT2D eigenvalue weighted by Crippen LogP contribution is -1.99. The van der Waals surface area contributed by atoms with E-state index in [2.05, 4.69) is 10.0 Å². The fraction of sp³-hybridized carbons (Fsp3) is 0.100. The van der Waals surface area contributed by atoms with Crippen LogP contribution >= 0.6 is 0 Å². The average Bonchev–Trinajstić information content (AvgIpc) is 2.24. The molecule has 16 heavy (non-hydrogen) atoms. The normalized spacial score (nSPS) is 10.1. The first-order valence-corrected chi connectivity index (χ1v) is 4.35. The van der Waals surface area contributed by atoms with Gasteiger partial charge in [-0.15, -0.1) is 0 Å². The zero-order valence-corrected chi connectivity index (χ0v) is 8.17. The van der Waals surface area contributed by atoms with Crippen LogP contribution in [0.5, 0.6) is 0 Å². The summed E-state index contributed by atoms with van der Waals surface area (Å²) in [6.07, 6.45) is 2.86. The zero-order chi connectivity index (χ0) is 12.0. The van der Waals surface area contributed by atoms with Crippen molar-refractivity contribution in [2.45, 2.75) is 0 Å². The third kappa shape index (κ3) is 3.11. The molecule has 0 aliphatic rings. The van der Waals surface area contributed by atoms with Gasteiger partial charge in [-0.3, -0.25) is 0 Å². The molecule has 6 heteroatoms. The first-order chi connectivity index (χ1) is 7.65. The summed E-state index contributed by atoms with van der Waals surface area (Å²) in [7, 11) is 0. The van der Waals surface area contributed by atoms with Crippen molar-refractivity contribution in [3.63, 3.8) is 0 Å². The summed E-state index contributed by atoms with van der Waals surface area (Å²) in [5.41, 5.74) is 8.26. The number of hydrogen-bond donors (Lipinski definition) is 1. The molecule has 0 aliphatic heterocycles. The Morgan fingerprint density at radius 1 is 1.62 bits per heavy atom. The number of aromatic carboxylic acids is 1. The van der Waals surface area contributed by atoms with Crippen molar-refractivity contribution in [3.8, 4) is 0 Å². The molecule has 0 radical (unpaired) electrons. The number of carboxylic acid groups (broad SMARTS) is 1. The van der Waals surface area contributed by atoms with Crippen LogP contribution in [0.3, 0.4) is 0 Å². The molecule has 1 aromatic rings. The third-order valence-corrected chi connectivity index (χ3v) is 1.79. The molecule has 0 atom stereocenters. The van der Waals surface area contributed by atoms with E-state index in [9.17, 15) is 9.18 Å². The average molecular weight is 221 g/mol. The SMILES string of the molecule is [N-]=[N+]=NCC=Cc1cc(F)ccc1C(=O)O. The smallest absolute Gasteiger partial charge is 0.336 e. The molecule has 82 valence electrons. The maximum Gasteiger partial charge on any atom is 0.336 e. The molecule has 0 saturated carbocycles. The van der Waals surface area contributed by atoms with Gasteiger partial charge in [0.15, 0.2) is 0 Å². The quantitative estimate of drug-likeness (QED) is 0.481. The molecule has 0 heterocycles. The molecule has 5 nitrogen and oxygen atoms in total. The van der Waals surface area contributed by atoms with Crippen LogP contribution in [0.2, 0.25) is 0 Å². The number of hydrogen-bond acceptors (Lipinski definition) is 2. The van der Waals surface area contributed by atoms with Crippen molar-refractivity contribution in [3.05, 3.63) is 51.7 Å². The molecule has 0 aliphatic carbocycles. The summed E-state index contributed by atoms with van der Waals surface area (Å²) in [4.78, 5) is 13.3. The topological polar surface area (TPSA) is 86.1 Å². The number of rotatable bonds is 4. The predicted octanol–water partition coefficient (Wildman–Crippen LogP) is 2.85. The Balaban J connectivity index is 3.00. The van der Waals surface area contributed by atoms with Crippen molar-refractivity contribution in [2.75, 3.05) is 6.54 Å². The standard InChI is InChI=1S/C10H8FN3O2/c11-8-3-4-9(10(15)16)7(6-8)2-1-5-13-14-12/h1-4,6H,5H2,(H,15,16). The molecule has 0 unspecified atom stereocenters. The second kappa shape index (κ2) is 5.53. The minimum Gasteiger partial charge on any atom is -0.478 e. The van der Waals surface area contributed by atoms with Gasteiger partial charge in [0.2, 0.25) is 0 Å². The van der Waals surface area contributed by atoms with Crippen molar-refractivity contribution >= 4 is 12.0 Å². The first-order valence-electron chi connectivity index (χ1n) is 4.35. The lowest BCUT2D eigenvalue weighted by Gasteiger charge is -2.00. The van der Waals surface area contributed by atoms with Crippen LogP contribution in [0.1, 0.15) is 15.9 Å². The van der Waals surface area contributed by atoms with Gasteiger partial charge in [-0.2, -0.15) is 0 Å². The fourth-order valence-corrected chi connectivity index (χ4v) is 1.13. The third-order valence-electron chi connectivity index (χ3n) is 1.79. The van der Waals surface area contributed by atoms with Crippen molar-refractivity contribution in [2.24, 2.45) is 5.11 Å². The van der Waals surface area contributed by atoms with Crippen LogP contribution in [0.15, 0.2) is 29.4 Å². The van der Waals surface area contributed by atoms with Crippen LogP contribution in [-0.2, 0) is 0 Å². The molecule has 0 spiro atoms. The van der Waals surface area contributed by atoms with Crippen LogP contribution in [0, 0.1) is 5.82 Å². The van der Waals surface area contributed by atoms with E-state index in [4.69, 9.17) is 10.6 Å². The lowest BCUT2D eigenvalue weighted by atomic mass is 10.1. The monoisotopic (exact) mass is 221 g/mol. The van der Waals surface area contributed by atoms with Gasteiger partial charge >= 0.3 is 5.97 Å². The number of nitrogens with zero attached hydrogens (tertiary/aromatic N) is 3. The number of azide groups is 1. The highest BCUT2D eigenvalue weighted by molar-refractivity contribution is 5.92. The van der Waals surface area contributed by atoms with E-state index < -0.39 is 11.8 Å². The Kier molecular flexibility index (Phi) is 4.06. The van der Waals surface area contributed by atoms with Crippen LogP contribution in [0.4, 0.5) is 4.39 Å². The molecule has 0 aromatic heterocycles.